The molecule has 1 atom stereocenters. The lowest BCUT2D eigenvalue weighted by molar-refractivity contribution is 0.508. The Balaban J connectivity index is 1.46. The Labute approximate surface area is 168 Å². The largest absolute Gasteiger partial charge is 0.420 e. The molecule has 1 fully saturated rings. The maximum absolute atomic E-state index is 6.01. The van der Waals surface area contributed by atoms with Crippen LogP contribution in [0, 0.1) is 0 Å². The molecule has 144 valence electrons. The number of hydrogen-bond donors (Lipinski definition) is 2. The van der Waals surface area contributed by atoms with Crippen LogP contribution in [0.5, 0.6) is 0 Å². The molecule has 0 aliphatic heterocycles. The monoisotopic (exact) mass is 383 g/mol. The van der Waals surface area contributed by atoms with Crippen molar-refractivity contribution in [3.63, 3.8) is 0 Å². The van der Waals surface area contributed by atoms with Gasteiger partial charge in [0.1, 0.15) is 5.82 Å². The molecular formula is C23H21N5O. The summed E-state index contributed by atoms with van der Waals surface area (Å²) in [6, 6.07) is 16.6. The number of nitrogens with two attached hydrogens (primary N) is 1. The maximum atomic E-state index is 6.01. The van der Waals surface area contributed by atoms with E-state index < -0.39 is 0 Å². The Bertz CT molecular complexity index is 1230. The van der Waals surface area contributed by atoms with E-state index in [9.17, 15) is 0 Å². The number of fused-ring (bicyclic) bond motifs is 2. The molecule has 2 aromatic heterocycles. The topological polar surface area (TPSA) is 89.9 Å². The molecular weight excluding hydrogens is 362 g/mol. The standard InChI is InChI=1S/C23H21N5O/c24-16-8-10-19-15(11-16)12-18(23-28-27-22(29-23)14-5-6-14)21(25-19)26-20-9-7-13-3-1-2-4-17(13)20/h1-4,8,10-12,14,20H,5-7,9,24H2,(H,25,26)/t20-/m1/s1. The van der Waals surface area contributed by atoms with Gasteiger partial charge in [0.2, 0.25) is 5.89 Å². The van der Waals surface area contributed by atoms with Gasteiger partial charge in [0.15, 0.2) is 0 Å². The van der Waals surface area contributed by atoms with Crippen molar-refractivity contribution in [1.82, 2.24) is 15.2 Å². The Morgan fingerprint density at radius 1 is 1.00 bits per heavy atom. The van der Waals surface area contributed by atoms with E-state index >= 15 is 0 Å². The van der Waals surface area contributed by atoms with Gasteiger partial charge in [-0.25, -0.2) is 4.98 Å². The number of nitrogens with one attached hydrogen (secondary N) is 1. The van der Waals surface area contributed by atoms with Gasteiger partial charge in [-0.1, -0.05) is 24.3 Å². The lowest BCUT2D eigenvalue weighted by Gasteiger charge is -2.17. The molecule has 0 radical (unpaired) electrons. The molecule has 2 aliphatic carbocycles. The van der Waals surface area contributed by atoms with E-state index in [0.717, 1.165) is 53.9 Å². The molecule has 0 unspecified atom stereocenters. The van der Waals surface area contributed by atoms with Crippen LogP contribution in [-0.2, 0) is 6.42 Å². The minimum Gasteiger partial charge on any atom is -0.420 e. The molecule has 4 aromatic rings. The fourth-order valence-corrected chi connectivity index (χ4v) is 4.18. The van der Waals surface area contributed by atoms with Crippen molar-refractivity contribution < 1.29 is 4.42 Å². The van der Waals surface area contributed by atoms with Crippen LogP contribution in [0.1, 0.15) is 48.2 Å². The van der Waals surface area contributed by atoms with Gasteiger partial charge in [0.25, 0.3) is 5.89 Å². The molecule has 0 bridgehead atoms. The summed E-state index contributed by atoms with van der Waals surface area (Å²) in [6.07, 6.45) is 4.35. The summed E-state index contributed by atoms with van der Waals surface area (Å²) in [5.74, 6) is 2.43. The first-order valence-electron chi connectivity index (χ1n) is 10.1. The number of nitrogen functional groups attached to an aromatic ring is 1. The number of nitrogens with zero attached hydrogens (tertiary/aromatic N) is 3. The summed E-state index contributed by atoms with van der Waals surface area (Å²) < 4.78 is 6.01. The van der Waals surface area contributed by atoms with Gasteiger partial charge in [-0.05, 0) is 61.1 Å². The van der Waals surface area contributed by atoms with Crippen molar-refractivity contribution in [1.29, 1.82) is 0 Å². The van der Waals surface area contributed by atoms with E-state index in [2.05, 4.69) is 39.8 Å². The lowest BCUT2D eigenvalue weighted by atomic mass is 10.1. The molecule has 6 nitrogen and oxygen atoms in total. The molecule has 3 N–H and O–H groups in total. The van der Waals surface area contributed by atoms with Crippen LogP contribution in [0.25, 0.3) is 22.4 Å². The van der Waals surface area contributed by atoms with E-state index in [1.165, 1.54) is 11.1 Å². The van der Waals surface area contributed by atoms with E-state index in [1.54, 1.807) is 0 Å². The predicted molar refractivity (Wildman–Crippen MR) is 113 cm³/mol. The van der Waals surface area contributed by atoms with Crippen molar-refractivity contribution in [2.24, 2.45) is 0 Å². The zero-order chi connectivity index (χ0) is 19.4. The van der Waals surface area contributed by atoms with E-state index in [1.807, 2.05) is 24.3 Å². The third-order valence-corrected chi connectivity index (χ3v) is 5.88. The molecule has 2 aromatic carbocycles. The number of hydrogen-bond acceptors (Lipinski definition) is 6. The van der Waals surface area contributed by atoms with Crippen LogP contribution in [0.3, 0.4) is 0 Å². The highest BCUT2D eigenvalue weighted by atomic mass is 16.4. The molecule has 29 heavy (non-hydrogen) atoms. The second-order valence-electron chi connectivity index (χ2n) is 7.99. The van der Waals surface area contributed by atoms with Crippen LogP contribution in [-0.4, -0.2) is 15.2 Å². The Morgan fingerprint density at radius 2 is 1.90 bits per heavy atom. The van der Waals surface area contributed by atoms with Gasteiger partial charge >= 0.3 is 0 Å². The minimum atomic E-state index is 0.217. The number of rotatable bonds is 4. The molecule has 2 aliphatic rings. The van der Waals surface area contributed by atoms with Crippen molar-refractivity contribution in [3.05, 3.63) is 65.5 Å². The van der Waals surface area contributed by atoms with Gasteiger partial charge in [-0.15, -0.1) is 10.2 Å². The first-order chi connectivity index (χ1) is 14.2. The van der Waals surface area contributed by atoms with Gasteiger partial charge in [0, 0.05) is 17.0 Å². The number of aromatic nitrogens is 3. The number of aryl methyl sites for hydroxylation is 1. The molecule has 6 heteroatoms. The van der Waals surface area contributed by atoms with Crippen molar-refractivity contribution >= 4 is 22.4 Å². The zero-order valence-corrected chi connectivity index (χ0v) is 15.9. The van der Waals surface area contributed by atoms with Crippen LogP contribution in [0.15, 0.2) is 52.9 Å². The van der Waals surface area contributed by atoms with Gasteiger partial charge in [0.05, 0.1) is 17.1 Å². The minimum absolute atomic E-state index is 0.217. The van der Waals surface area contributed by atoms with Gasteiger partial charge < -0.3 is 15.5 Å². The van der Waals surface area contributed by atoms with E-state index in [0.29, 0.717) is 17.5 Å². The third-order valence-electron chi connectivity index (χ3n) is 5.88. The summed E-state index contributed by atoms with van der Waals surface area (Å²) in [5, 5.41) is 13.2. The highest BCUT2D eigenvalue weighted by Gasteiger charge is 2.30. The first-order valence-corrected chi connectivity index (χ1v) is 10.1. The second kappa shape index (κ2) is 6.30. The van der Waals surface area contributed by atoms with Crippen molar-refractivity contribution in [3.8, 4) is 11.5 Å². The highest BCUT2D eigenvalue weighted by molar-refractivity contribution is 5.89. The van der Waals surface area contributed by atoms with Crippen molar-refractivity contribution in [2.75, 3.05) is 11.1 Å². The van der Waals surface area contributed by atoms with Crippen molar-refractivity contribution in [2.45, 2.75) is 37.6 Å². The highest BCUT2D eigenvalue weighted by Crippen LogP contribution is 2.41. The van der Waals surface area contributed by atoms with Crippen LogP contribution in [0.4, 0.5) is 11.5 Å². The molecule has 2 heterocycles. The summed E-state index contributed by atoms with van der Waals surface area (Å²) in [5.41, 5.74) is 11.1. The van der Waals surface area contributed by atoms with E-state index in [-0.39, 0.29) is 6.04 Å². The maximum Gasteiger partial charge on any atom is 0.251 e. The van der Waals surface area contributed by atoms with Crippen LogP contribution in [0.2, 0.25) is 0 Å². The summed E-state index contributed by atoms with van der Waals surface area (Å²) >= 11 is 0. The fourth-order valence-electron chi connectivity index (χ4n) is 4.18. The molecule has 0 saturated heterocycles. The normalized spacial score (nSPS) is 18.1. The number of anilines is 2. The number of benzene rings is 2. The Hall–Kier alpha value is -3.41. The second-order valence-corrected chi connectivity index (χ2v) is 7.99. The van der Waals surface area contributed by atoms with E-state index in [4.69, 9.17) is 15.1 Å². The summed E-state index contributed by atoms with van der Waals surface area (Å²) in [4.78, 5) is 4.90. The summed E-state index contributed by atoms with van der Waals surface area (Å²) in [6.45, 7) is 0. The SMILES string of the molecule is Nc1ccc2nc(N[C@@H]3CCc4ccccc43)c(-c3nnc(C4CC4)o3)cc2c1. The van der Waals surface area contributed by atoms with Crippen LogP contribution >= 0.6 is 0 Å². The smallest absolute Gasteiger partial charge is 0.251 e. The molecule has 6 rings (SSSR count). The Morgan fingerprint density at radius 3 is 2.79 bits per heavy atom. The van der Waals surface area contributed by atoms with Gasteiger partial charge in [-0.3, -0.25) is 0 Å². The van der Waals surface area contributed by atoms with Gasteiger partial charge in [-0.2, -0.15) is 0 Å². The third kappa shape index (κ3) is 2.92. The predicted octanol–water partition coefficient (Wildman–Crippen LogP) is 4.84. The quantitative estimate of drug-likeness (QED) is 0.490. The number of pyridine rings is 1. The van der Waals surface area contributed by atoms with Crippen LogP contribution < -0.4 is 11.1 Å². The first kappa shape index (κ1) is 16.5. The zero-order valence-electron chi connectivity index (χ0n) is 15.9. The molecule has 0 spiro atoms. The average molecular weight is 383 g/mol. The molecule has 0 amide bonds. The lowest BCUT2D eigenvalue weighted by Crippen LogP contribution is -2.10. The Kier molecular flexibility index (Phi) is 3.59. The summed E-state index contributed by atoms with van der Waals surface area (Å²) in [7, 11) is 0. The average Bonchev–Trinajstić information content (AvgIpc) is 3.33. The molecule has 1 saturated carbocycles. The fraction of sp³-hybridized carbons (Fsp3) is 0.261.